The van der Waals surface area contributed by atoms with Gasteiger partial charge in [0, 0.05) is 5.02 Å². The Morgan fingerprint density at radius 1 is 1.16 bits per heavy atom. The first kappa shape index (κ1) is 17.3. The van der Waals surface area contributed by atoms with E-state index in [1.54, 1.807) is 42.5 Å². The van der Waals surface area contributed by atoms with Gasteiger partial charge < -0.3 is 4.74 Å². The molecule has 0 spiro atoms. The van der Waals surface area contributed by atoms with Crippen LogP contribution in [0.5, 0.6) is 5.75 Å². The van der Waals surface area contributed by atoms with Crippen LogP contribution in [0.1, 0.15) is 5.56 Å². The van der Waals surface area contributed by atoms with Crippen LogP contribution in [-0.2, 0) is 4.79 Å². The number of nitrogens with zero attached hydrogens (tertiary/aromatic N) is 1. The first-order valence-corrected chi connectivity index (χ1v) is 8.65. The molecule has 0 aromatic heterocycles. The van der Waals surface area contributed by atoms with Crippen molar-refractivity contribution < 1.29 is 14.3 Å². The second-order valence-corrected chi connectivity index (χ2v) is 6.60. The number of carbonyl (C=O) groups is 2. The van der Waals surface area contributed by atoms with Gasteiger partial charge in [0.1, 0.15) is 12.4 Å². The average Bonchev–Trinajstić information content (AvgIpc) is 2.88. The first-order chi connectivity index (χ1) is 12.1. The molecule has 0 saturated carbocycles. The summed E-state index contributed by atoms with van der Waals surface area (Å²) in [5, 5.41) is 0.209. The van der Waals surface area contributed by atoms with Crippen LogP contribution in [0.3, 0.4) is 0 Å². The lowest BCUT2D eigenvalue weighted by Gasteiger charge is -2.12. The maximum atomic E-state index is 12.6. The Kier molecular flexibility index (Phi) is 5.26. The quantitative estimate of drug-likeness (QED) is 0.539. The van der Waals surface area contributed by atoms with Crippen molar-refractivity contribution in [1.29, 1.82) is 0 Å². The molecule has 0 unspecified atom stereocenters. The summed E-state index contributed by atoms with van der Waals surface area (Å²) in [5.74, 6) is 0.320. The second-order valence-electron chi connectivity index (χ2n) is 5.17. The zero-order chi connectivity index (χ0) is 17.8. The van der Waals surface area contributed by atoms with Gasteiger partial charge in [0.15, 0.2) is 0 Å². The predicted molar refractivity (Wildman–Crippen MR) is 102 cm³/mol. The van der Waals surface area contributed by atoms with Gasteiger partial charge in [-0.25, -0.2) is 4.90 Å². The van der Waals surface area contributed by atoms with Crippen molar-refractivity contribution in [3.05, 3.63) is 76.7 Å². The van der Waals surface area contributed by atoms with E-state index in [0.29, 0.717) is 28.0 Å². The Balaban J connectivity index is 1.85. The second kappa shape index (κ2) is 7.59. The molecule has 0 radical (unpaired) electrons. The Morgan fingerprint density at radius 3 is 2.64 bits per heavy atom. The van der Waals surface area contributed by atoms with Crippen LogP contribution in [-0.4, -0.2) is 17.8 Å². The monoisotopic (exact) mass is 371 g/mol. The van der Waals surface area contributed by atoms with Crippen LogP contribution in [0.15, 0.2) is 66.1 Å². The highest BCUT2D eigenvalue weighted by molar-refractivity contribution is 8.19. The number of benzene rings is 2. The summed E-state index contributed by atoms with van der Waals surface area (Å²) in [4.78, 5) is 26.3. The molecule has 0 bridgehead atoms. The van der Waals surface area contributed by atoms with Gasteiger partial charge in [0.2, 0.25) is 0 Å². The minimum atomic E-state index is -0.352. The van der Waals surface area contributed by atoms with Gasteiger partial charge in [-0.3, -0.25) is 9.59 Å². The Morgan fingerprint density at radius 2 is 1.92 bits per heavy atom. The molecule has 1 heterocycles. The summed E-state index contributed by atoms with van der Waals surface area (Å²) in [5.41, 5.74) is 1.28. The predicted octanol–water partition coefficient (Wildman–Crippen LogP) is 5.15. The number of anilines is 1. The molecule has 6 heteroatoms. The molecule has 1 aliphatic rings. The number of rotatable bonds is 5. The number of thioether (sulfide) groups is 1. The third-order valence-corrected chi connectivity index (χ3v) is 4.52. The summed E-state index contributed by atoms with van der Waals surface area (Å²) in [6.07, 6.45) is 3.34. The molecule has 1 fully saturated rings. The molecule has 4 nitrogen and oxygen atoms in total. The first-order valence-electron chi connectivity index (χ1n) is 7.46. The fourth-order valence-corrected chi connectivity index (χ4v) is 3.25. The third kappa shape index (κ3) is 3.95. The maximum Gasteiger partial charge on any atom is 0.298 e. The number of hydrogen-bond acceptors (Lipinski definition) is 4. The van der Waals surface area contributed by atoms with Gasteiger partial charge in [0.05, 0.1) is 10.6 Å². The highest BCUT2D eigenvalue weighted by atomic mass is 35.5. The van der Waals surface area contributed by atoms with Gasteiger partial charge in [0.25, 0.3) is 11.1 Å². The van der Waals surface area contributed by atoms with Gasteiger partial charge in [-0.2, -0.15) is 0 Å². The van der Waals surface area contributed by atoms with E-state index in [9.17, 15) is 9.59 Å². The molecular weight excluding hydrogens is 358 g/mol. The van der Waals surface area contributed by atoms with E-state index in [0.717, 1.165) is 22.2 Å². The Bertz CT molecular complexity index is 861. The fourth-order valence-electron chi connectivity index (χ4n) is 2.28. The number of halogens is 1. The molecule has 0 aliphatic carbocycles. The van der Waals surface area contributed by atoms with Crippen LogP contribution < -0.4 is 9.64 Å². The molecule has 3 rings (SSSR count). The molecule has 0 N–H and O–H groups in total. The summed E-state index contributed by atoms with van der Waals surface area (Å²) >= 11 is 6.76. The standard InChI is InChI=1S/C19H14ClNO3S/c1-2-10-24-16-5-3-4-13(11-16)12-17-18(22)21(19(23)25-17)15-8-6-14(20)7-9-15/h2-9,11-12H,1,10H2/b17-12-. The van der Waals surface area contributed by atoms with Crippen molar-refractivity contribution >= 4 is 46.3 Å². The Hall–Kier alpha value is -2.50. The highest BCUT2D eigenvalue weighted by Crippen LogP contribution is 2.36. The largest absolute Gasteiger partial charge is 0.490 e. The lowest BCUT2D eigenvalue weighted by molar-refractivity contribution is -0.113. The van der Waals surface area contributed by atoms with Crippen LogP contribution in [0.2, 0.25) is 5.02 Å². The summed E-state index contributed by atoms with van der Waals surface area (Å²) in [7, 11) is 0. The SMILES string of the molecule is C=CCOc1cccc(/C=C2\SC(=O)N(c3ccc(Cl)cc3)C2=O)c1. The number of ether oxygens (including phenoxy) is 1. The fraction of sp³-hybridized carbons (Fsp3) is 0.0526. The van der Waals surface area contributed by atoms with Crippen molar-refractivity contribution in [1.82, 2.24) is 0 Å². The molecule has 2 amide bonds. The van der Waals surface area contributed by atoms with E-state index >= 15 is 0 Å². The van der Waals surface area contributed by atoms with Gasteiger partial charge in [-0.1, -0.05) is 36.4 Å². The third-order valence-electron chi connectivity index (χ3n) is 3.40. The molecule has 126 valence electrons. The van der Waals surface area contributed by atoms with E-state index in [-0.39, 0.29) is 11.1 Å². The van der Waals surface area contributed by atoms with Gasteiger partial charge >= 0.3 is 0 Å². The van der Waals surface area contributed by atoms with Gasteiger partial charge in [-0.05, 0) is 59.8 Å². The smallest absolute Gasteiger partial charge is 0.298 e. The minimum Gasteiger partial charge on any atom is -0.490 e. The van der Waals surface area contributed by atoms with Crippen molar-refractivity contribution in [2.24, 2.45) is 0 Å². The van der Waals surface area contributed by atoms with Crippen LogP contribution in [0, 0.1) is 0 Å². The lowest BCUT2D eigenvalue weighted by Crippen LogP contribution is -2.27. The van der Waals surface area contributed by atoms with E-state index in [4.69, 9.17) is 16.3 Å². The van der Waals surface area contributed by atoms with Crippen molar-refractivity contribution in [3.63, 3.8) is 0 Å². The maximum absolute atomic E-state index is 12.6. The number of hydrogen-bond donors (Lipinski definition) is 0. The number of amides is 2. The number of imide groups is 1. The molecular formula is C19H14ClNO3S. The summed E-state index contributed by atoms with van der Waals surface area (Å²) in [6.45, 7) is 4.01. The van der Waals surface area contributed by atoms with E-state index in [1.165, 1.54) is 0 Å². The zero-order valence-corrected chi connectivity index (χ0v) is 14.7. The highest BCUT2D eigenvalue weighted by Gasteiger charge is 2.36. The molecule has 2 aromatic carbocycles. The number of carbonyl (C=O) groups excluding carboxylic acids is 2. The Labute approximate surface area is 154 Å². The van der Waals surface area contributed by atoms with E-state index in [2.05, 4.69) is 6.58 Å². The lowest BCUT2D eigenvalue weighted by atomic mass is 10.2. The van der Waals surface area contributed by atoms with E-state index < -0.39 is 0 Å². The van der Waals surface area contributed by atoms with Crippen LogP contribution >= 0.6 is 23.4 Å². The molecule has 0 atom stereocenters. The minimum absolute atomic E-state index is 0.336. The molecule has 1 aliphatic heterocycles. The van der Waals surface area contributed by atoms with Crippen LogP contribution in [0.25, 0.3) is 6.08 Å². The van der Waals surface area contributed by atoms with E-state index in [1.807, 2.05) is 18.2 Å². The summed E-state index contributed by atoms with van der Waals surface area (Å²) < 4.78 is 5.48. The van der Waals surface area contributed by atoms with Crippen molar-refractivity contribution in [2.75, 3.05) is 11.5 Å². The average molecular weight is 372 g/mol. The topological polar surface area (TPSA) is 46.6 Å². The van der Waals surface area contributed by atoms with Crippen molar-refractivity contribution in [3.8, 4) is 5.75 Å². The molecule has 2 aromatic rings. The van der Waals surface area contributed by atoms with Gasteiger partial charge in [-0.15, -0.1) is 0 Å². The normalized spacial score (nSPS) is 15.7. The van der Waals surface area contributed by atoms with Crippen molar-refractivity contribution in [2.45, 2.75) is 0 Å². The van der Waals surface area contributed by atoms with Crippen LogP contribution in [0.4, 0.5) is 10.5 Å². The zero-order valence-electron chi connectivity index (χ0n) is 13.1. The molecule has 1 saturated heterocycles. The molecule has 25 heavy (non-hydrogen) atoms. The summed E-state index contributed by atoms with van der Waals surface area (Å²) in [6, 6.07) is 13.9.